The summed E-state index contributed by atoms with van der Waals surface area (Å²) in [6.07, 6.45) is 2.77. The minimum Gasteiger partial charge on any atom is -0.394 e. The van der Waals surface area contributed by atoms with Gasteiger partial charge >= 0.3 is 0 Å². The van der Waals surface area contributed by atoms with Crippen LogP contribution in [-0.4, -0.2) is 69.2 Å². The van der Waals surface area contributed by atoms with Crippen molar-refractivity contribution in [1.29, 1.82) is 0 Å². The summed E-state index contributed by atoms with van der Waals surface area (Å²) in [5.41, 5.74) is 5.84. The van der Waals surface area contributed by atoms with Crippen LogP contribution < -0.4 is 5.73 Å². The molecule has 2 fully saturated rings. The van der Waals surface area contributed by atoms with Gasteiger partial charge in [0.15, 0.2) is 11.6 Å². The number of hydrogen-bond acceptors (Lipinski definition) is 6. The van der Waals surface area contributed by atoms with Gasteiger partial charge in [0.1, 0.15) is 6.61 Å². The zero-order valence-electron chi connectivity index (χ0n) is 12.9. The van der Waals surface area contributed by atoms with E-state index in [0.717, 1.165) is 45.6 Å². The summed E-state index contributed by atoms with van der Waals surface area (Å²) in [7, 11) is 0. The maximum Gasteiger partial charge on any atom is 0.165 e. The van der Waals surface area contributed by atoms with Crippen LogP contribution in [0.1, 0.15) is 26.2 Å². The molecule has 7 heteroatoms. The molecule has 0 aromatic heterocycles. The van der Waals surface area contributed by atoms with Crippen LogP contribution in [0.2, 0.25) is 0 Å². The van der Waals surface area contributed by atoms with E-state index >= 15 is 0 Å². The fourth-order valence-corrected chi connectivity index (χ4v) is 2.46. The highest BCUT2D eigenvalue weighted by Crippen LogP contribution is 2.24. The van der Waals surface area contributed by atoms with E-state index in [2.05, 4.69) is 10.1 Å². The number of rotatable bonds is 8. The molecule has 21 heavy (non-hydrogen) atoms. The third kappa shape index (κ3) is 6.17. The lowest BCUT2D eigenvalue weighted by molar-refractivity contribution is -0.147. The first-order valence-electron chi connectivity index (χ1n) is 7.70. The summed E-state index contributed by atoms with van der Waals surface area (Å²) >= 11 is 0. The van der Waals surface area contributed by atoms with E-state index in [9.17, 15) is 0 Å². The van der Waals surface area contributed by atoms with Gasteiger partial charge in [-0.25, -0.2) is 0 Å². The number of amidine groups is 1. The Hall–Kier alpha value is -0.890. The molecule has 0 aromatic carbocycles. The number of unbranched alkanes of at least 4 members (excludes halogenated alkanes) is 1. The molecule has 0 radical (unpaired) electrons. The lowest BCUT2D eigenvalue weighted by Gasteiger charge is -2.25. The van der Waals surface area contributed by atoms with Crippen LogP contribution in [0.4, 0.5) is 0 Å². The molecule has 0 aliphatic carbocycles. The van der Waals surface area contributed by atoms with E-state index < -0.39 is 5.79 Å². The Morgan fingerprint density at radius 2 is 1.90 bits per heavy atom. The van der Waals surface area contributed by atoms with Crippen molar-refractivity contribution >= 4 is 5.84 Å². The molecule has 0 atom stereocenters. The zero-order chi connectivity index (χ0) is 15.0. The second-order valence-corrected chi connectivity index (χ2v) is 5.59. The van der Waals surface area contributed by atoms with Gasteiger partial charge in [-0.2, -0.15) is 0 Å². The second-order valence-electron chi connectivity index (χ2n) is 5.59. The van der Waals surface area contributed by atoms with E-state index in [1.165, 1.54) is 0 Å². The molecule has 0 amide bonds. The molecule has 2 saturated heterocycles. The number of oxime groups is 1. The Kier molecular flexibility index (Phi) is 6.69. The third-order valence-corrected chi connectivity index (χ3v) is 3.69. The Bertz CT molecular complexity index is 326. The van der Waals surface area contributed by atoms with Crippen molar-refractivity contribution < 1.29 is 19.0 Å². The van der Waals surface area contributed by atoms with Gasteiger partial charge in [-0.05, 0) is 19.8 Å². The average Bonchev–Trinajstić information content (AvgIpc) is 2.91. The molecular weight excluding hydrogens is 274 g/mol. The van der Waals surface area contributed by atoms with Gasteiger partial charge in [-0.15, -0.1) is 0 Å². The molecule has 0 saturated carbocycles. The van der Waals surface area contributed by atoms with Gasteiger partial charge in [0.25, 0.3) is 0 Å². The number of nitrogens with zero attached hydrogens (tertiary/aromatic N) is 2. The first kappa shape index (κ1) is 16.5. The highest BCUT2D eigenvalue weighted by Gasteiger charge is 2.29. The maximum absolute atomic E-state index is 5.84. The van der Waals surface area contributed by atoms with Crippen LogP contribution >= 0.6 is 0 Å². The van der Waals surface area contributed by atoms with Gasteiger partial charge in [-0.1, -0.05) is 5.16 Å². The first-order valence-corrected chi connectivity index (χ1v) is 7.70. The summed E-state index contributed by atoms with van der Waals surface area (Å²) < 4.78 is 16.4. The van der Waals surface area contributed by atoms with Gasteiger partial charge < -0.3 is 24.8 Å². The van der Waals surface area contributed by atoms with Crippen molar-refractivity contribution in [3.8, 4) is 0 Å². The molecule has 2 rings (SSSR count). The summed E-state index contributed by atoms with van der Waals surface area (Å²) in [5.74, 6) is 0.116. The Labute approximate surface area is 126 Å². The topological polar surface area (TPSA) is 78.5 Å². The van der Waals surface area contributed by atoms with E-state index in [-0.39, 0.29) is 0 Å². The molecule has 2 heterocycles. The molecule has 122 valence electrons. The molecule has 2 aliphatic rings. The number of nitrogens with two attached hydrogens (primary N) is 1. The standard InChI is InChI=1S/C14H27N3O4/c1-14(19-10-11-20-14)4-2-3-7-21-16-13(15)12-17-5-8-18-9-6-17/h2-12H2,1H3,(H2,15,16). The number of ether oxygens (including phenoxy) is 3. The van der Waals surface area contributed by atoms with Crippen LogP contribution in [0.5, 0.6) is 0 Å². The second kappa shape index (κ2) is 8.53. The van der Waals surface area contributed by atoms with Crippen molar-refractivity contribution in [2.75, 3.05) is 52.7 Å². The van der Waals surface area contributed by atoms with Crippen LogP contribution in [0, 0.1) is 0 Å². The fourth-order valence-electron chi connectivity index (χ4n) is 2.46. The van der Waals surface area contributed by atoms with Crippen LogP contribution in [0.15, 0.2) is 5.16 Å². The van der Waals surface area contributed by atoms with E-state index in [0.29, 0.717) is 32.2 Å². The summed E-state index contributed by atoms with van der Waals surface area (Å²) in [6.45, 7) is 7.89. The van der Waals surface area contributed by atoms with Gasteiger partial charge in [0.2, 0.25) is 0 Å². The fraction of sp³-hybridized carbons (Fsp3) is 0.929. The largest absolute Gasteiger partial charge is 0.394 e. The van der Waals surface area contributed by atoms with Crippen LogP contribution in [0.25, 0.3) is 0 Å². The molecule has 2 N–H and O–H groups in total. The molecule has 7 nitrogen and oxygen atoms in total. The van der Waals surface area contributed by atoms with Crippen LogP contribution in [-0.2, 0) is 19.0 Å². The van der Waals surface area contributed by atoms with E-state index in [1.807, 2.05) is 6.92 Å². The SMILES string of the molecule is CC1(CCCCO/N=C(\N)CN2CCOCC2)OCCO1. The molecule has 0 unspecified atom stereocenters. The lowest BCUT2D eigenvalue weighted by Crippen LogP contribution is -2.41. The normalized spacial score (nSPS) is 23.4. The van der Waals surface area contributed by atoms with Crippen molar-refractivity contribution in [1.82, 2.24) is 4.90 Å². The Balaban J connectivity index is 1.50. The first-order chi connectivity index (χ1) is 10.2. The summed E-state index contributed by atoms with van der Waals surface area (Å²) in [5, 5.41) is 3.95. The summed E-state index contributed by atoms with van der Waals surface area (Å²) in [4.78, 5) is 7.47. The minimum absolute atomic E-state index is 0.404. The van der Waals surface area contributed by atoms with Crippen LogP contribution in [0.3, 0.4) is 0 Å². The van der Waals surface area contributed by atoms with Crippen molar-refractivity contribution in [2.24, 2.45) is 10.9 Å². The summed E-state index contributed by atoms with van der Waals surface area (Å²) in [6, 6.07) is 0. The third-order valence-electron chi connectivity index (χ3n) is 3.69. The van der Waals surface area contributed by atoms with E-state index in [1.54, 1.807) is 0 Å². The van der Waals surface area contributed by atoms with Gasteiger partial charge in [0.05, 0.1) is 33.0 Å². The van der Waals surface area contributed by atoms with Crippen molar-refractivity contribution in [3.05, 3.63) is 0 Å². The monoisotopic (exact) mass is 301 g/mol. The molecule has 0 aromatic rings. The van der Waals surface area contributed by atoms with Crippen molar-refractivity contribution in [2.45, 2.75) is 32.0 Å². The zero-order valence-corrected chi connectivity index (χ0v) is 12.9. The van der Waals surface area contributed by atoms with Gasteiger partial charge in [0, 0.05) is 19.5 Å². The number of hydrogen-bond donors (Lipinski definition) is 1. The average molecular weight is 301 g/mol. The predicted molar refractivity (Wildman–Crippen MR) is 79.0 cm³/mol. The molecule has 0 spiro atoms. The molecule has 2 aliphatic heterocycles. The van der Waals surface area contributed by atoms with Gasteiger partial charge in [-0.3, -0.25) is 4.90 Å². The highest BCUT2D eigenvalue weighted by atomic mass is 16.7. The predicted octanol–water partition coefficient (Wildman–Crippen LogP) is 0.541. The van der Waals surface area contributed by atoms with E-state index in [4.69, 9.17) is 24.8 Å². The molecular formula is C14H27N3O4. The molecule has 0 bridgehead atoms. The quantitative estimate of drug-likeness (QED) is 0.305. The highest BCUT2D eigenvalue weighted by molar-refractivity contribution is 5.81. The smallest absolute Gasteiger partial charge is 0.165 e. The van der Waals surface area contributed by atoms with Crippen molar-refractivity contribution in [3.63, 3.8) is 0 Å². The minimum atomic E-state index is -0.404. The Morgan fingerprint density at radius 3 is 2.62 bits per heavy atom. The Morgan fingerprint density at radius 1 is 1.19 bits per heavy atom. The maximum atomic E-state index is 5.84. The number of morpholine rings is 1. The lowest BCUT2D eigenvalue weighted by atomic mass is 10.1.